The zero-order valence-electron chi connectivity index (χ0n) is 13.7. The lowest BCUT2D eigenvalue weighted by atomic mass is 10.0. The Labute approximate surface area is 125 Å². The third-order valence-electron chi connectivity index (χ3n) is 3.96. The maximum Gasteiger partial charge on any atom is 0.125 e. The number of rotatable bonds is 11. The third-order valence-corrected chi connectivity index (χ3v) is 3.96. The van der Waals surface area contributed by atoms with Crippen LogP contribution < -0.4 is 0 Å². The van der Waals surface area contributed by atoms with Gasteiger partial charge in [-0.05, 0) is 32.3 Å². The predicted molar refractivity (Wildman–Crippen MR) is 87.1 cm³/mol. The second-order valence-corrected chi connectivity index (χ2v) is 5.98. The van der Waals surface area contributed by atoms with Crippen LogP contribution in [0, 0.1) is 13.8 Å². The Kier molecular flexibility index (Phi) is 9.27. The van der Waals surface area contributed by atoms with E-state index in [9.17, 15) is 0 Å². The highest BCUT2D eigenvalue weighted by atomic mass is 14.9. The van der Waals surface area contributed by atoms with Crippen molar-refractivity contribution in [2.24, 2.45) is 0 Å². The van der Waals surface area contributed by atoms with Gasteiger partial charge >= 0.3 is 0 Å². The van der Waals surface area contributed by atoms with Gasteiger partial charge in [0.2, 0.25) is 0 Å². The fraction of sp³-hybridized carbons (Fsp3) is 0.778. The highest BCUT2D eigenvalue weighted by Gasteiger charge is 2.01. The van der Waals surface area contributed by atoms with Gasteiger partial charge in [-0.3, -0.25) is 0 Å². The second-order valence-electron chi connectivity index (χ2n) is 5.98. The lowest BCUT2D eigenvalue weighted by Crippen LogP contribution is -1.98. The zero-order valence-corrected chi connectivity index (χ0v) is 13.7. The Hall–Kier alpha value is -0.920. The molecule has 1 aromatic heterocycles. The summed E-state index contributed by atoms with van der Waals surface area (Å²) in [5.41, 5.74) is 2.49. The van der Waals surface area contributed by atoms with Crippen LogP contribution in [0.1, 0.15) is 88.2 Å². The molecule has 0 bridgehead atoms. The molecular weight excluding hydrogens is 244 g/mol. The minimum Gasteiger partial charge on any atom is -0.241 e. The minimum atomic E-state index is 0.901. The molecule has 1 rings (SSSR count). The van der Waals surface area contributed by atoms with Crippen molar-refractivity contribution in [2.75, 3.05) is 0 Å². The quantitative estimate of drug-likeness (QED) is 0.495. The molecule has 20 heavy (non-hydrogen) atoms. The van der Waals surface area contributed by atoms with Crippen LogP contribution >= 0.6 is 0 Å². The number of aryl methyl sites for hydroxylation is 3. The molecule has 0 atom stereocenters. The molecule has 0 fully saturated rings. The topological polar surface area (TPSA) is 25.8 Å². The van der Waals surface area contributed by atoms with Gasteiger partial charge in [-0.2, -0.15) is 0 Å². The van der Waals surface area contributed by atoms with Gasteiger partial charge in [0.15, 0.2) is 0 Å². The summed E-state index contributed by atoms with van der Waals surface area (Å²) in [4.78, 5) is 8.76. The molecule has 0 spiro atoms. The van der Waals surface area contributed by atoms with Crippen molar-refractivity contribution in [1.82, 2.24) is 9.97 Å². The van der Waals surface area contributed by atoms with E-state index in [1.807, 2.05) is 13.1 Å². The largest absolute Gasteiger partial charge is 0.241 e. The van der Waals surface area contributed by atoms with Crippen molar-refractivity contribution in [1.29, 1.82) is 0 Å². The van der Waals surface area contributed by atoms with Crippen LogP contribution in [0.4, 0.5) is 0 Å². The molecule has 114 valence electrons. The van der Waals surface area contributed by atoms with E-state index in [0.29, 0.717) is 0 Å². The predicted octanol–water partition coefficient (Wildman–Crippen LogP) is 5.56. The van der Waals surface area contributed by atoms with Crippen LogP contribution in [0.3, 0.4) is 0 Å². The van der Waals surface area contributed by atoms with Gasteiger partial charge in [-0.1, -0.05) is 64.7 Å². The van der Waals surface area contributed by atoms with Crippen molar-refractivity contribution in [3.8, 4) is 0 Å². The van der Waals surface area contributed by atoms with Gasteiger partial charge in [0.25, 0.3) is 0 Å². The number of nitrogens with zero attached hydrogens (tertiary/aromatic N) is 2. The van der Waals surface area contributed by atoms with Gasteiger partial charge in [-0.15, -0.1) is 0 Å². The number of aromatic nitrogens is 2. The molecule has 0 aliphatic heterocycles. The first-order valence-corrected chi connectivity index (χ1v) is 8.53. The Bertz CT molecular complexity index is 360. The van der Waals surface area contributed by atoms with Gasteiger partial charge in [0.1, 0.15) is 5.82 Å². The molecule has 0 saturated heterocycles. The van der Waals surface area contributed by atoms with Crippen LogP contribution in [0.25, 0.3) is 0 Å². The Morgan fingerprint density at radius 2 is 1.35 bits per heavy atom. The lowest BCUT2D eigenvalue weighted by Gasteiger charge is -2.05. The summed E-state index contributed by atoms with van der Waals surface area (Å²) in [5.74, 6) is 0.901. The number of unbranched alkanes of at least 4 members (excludes halogenated alkanes) is 9. The minimum absolute atomic E-state index is 0.901. The average molecular weight is 276 g/mol. The van der Waals surface area contributed by atoms with Gasteiger partial charge in [0.05, 0.1) is 0 Å². The maximum atomic E-state index is 4.54. The first-order chi connectivity index (χ1) is 9.74. The molecule has 0 radical (unpaired) electrons. The SMILES string of the molecule is CCCCCCCCCCCCc1nc(C)ncc1C. The van der Waals surface area contributed by atoms with Crippen LogP contribution in [0.5, 0.6) is 0 Å². The molecule has 0 unspecified atom stereocenters. The summed E-state index contributed by atoms with van der Waals surface area (Å²) >= 11 is 0. The Morgan fingerprint density at radius 1 is 0.800 bits per heavy atom. The van der Waals surface area contributed by atoms with Crippen LogP contribution in [-0.4, -0.2) is 9.97 Å². The normalized spacial score (nSPS) is 10.9. The Balaban J connectivity index is 1.98. The van der Waals surface area contributed by atoms with Crippen molar-refractivity contribution < 1.29 is 0 Å². The third kappa shape index (κ3) is 7.62. The molecule has 0 aliphatic carbocycles. The number of hydrogen-bond acceptors (Lipinski definition) is 2. The van der Waals surface area contributed by atoms with Crippen LogP contribution in [0.15, 0.2) is 6.20 Å². The van der Waals surface area contributed by atoms with Gasteiger partial charge in [-0.25, -0.2) is 9.97 Å². The zero-order chi connectivity index (χ0) is 14.6. The first kappa shape index (κ1) is 17.1. The molecule has 1 heterocycles. The molecule has 0 aromatic carbocycles. The van der Waals surface area contributed by atoms with Crippen molar-refractivity contribution in [3.05, 3.63) is 23.3 Å². The van der Waals surface area contributed by atoms with Crippen molar-refractivity contribution in [3.63, 3.8) is 0 Å². The molecule has 0 N–H and O–H groups in total. The van der Waals surface area contributed by atoms with Crippen molar-refractivity contribution >= 4 is 0 Å². The first-order valence-electron chi connectivity index (χ1n) is 8.53. The molecule has 2 nitrogen and oxygen atoms in total. The monoisotopic (exact) mass is 276 g/mol. The van der Waals surface area contributed by atoms with Crippen LogP contribution in [0.2, 0.25) is 0 Å². The van der Waals surface area contributed by atoms with E-state index in [0.717, 1.165) is 12.2 Å². The lowest BCUT2D eigenvalue weighted by molar-refractivity contribution is 0.555. The highest BCUT2D eigenvalue weighted by molar-refractivity contribution is 5.15. The van der Waals surface area contributed by atoms with Crippen molar-refractivity contribution in [2.45, 2.75) is 91.4 Å². The van der Waals surface area contributed by atoms with E-state index in [1.165, 1.54) is 75.5 Å². The van der Waals surface area contributed by atoms with E-state index in [-0.39, 0.29) is 0 Å². The van der Waals surface area contributed by atoms with E-state index < -0.39 is 0 Å². The Morgan fingerprint density at radius 3 is 1.95 bits per heavy atom. The summed E-state index contributed by atoms with van der Waals surface area (Å²) in [6, 6.07) is 0. The summed E-state index contributed by atoms with van der Waals surface area (Å²) in [6.07, 6.45) is 17.0. The van der Waals surface area contributed by atoms with Crippen LogP contribution in [-0.2, 0) is 6.42 Å². The summed E-state index contributed by atoms with van der Waals surface area (Å²) < 4.78 is 0. The van der Waals surface area contributed by atoms with E-state index >= 15 is 0 Å². The maximum absolute atomic E-state index is 4.54. The molecular formula is C18H32N2. The molecule has 0 saturated carbocycles. The smallest absolute Gasteiger partial charge is 0.125 e. The standard InChI is InChI=1S/C18H32N2/c1-4-5-6-7-8-9-10-11-12-13-14-18-16(2)15-19-17(3)20-18/h15H,4-14H2,1-3H3. The molecule has 1 aromatic rings. The van der Waals surface area contributed by atoms with E-state index in [4.69, 9.17) is 0 Å². The number of hydrogen-bond donors (Lipinski definition) is 0. The molecule has 0 aliphatic rings. The average Bonchev–Trinajstić information content (AvgIpc) is 2.44. The summed E-state index contributed by atoms with van der Waals surface area (Å²) in [7, 11) is 0. The second kappa shape index (κ2) is 10.8. The van der Waals surface area contributed by atoms with E-state index in [2.05, 4.69) is 23.8 Å². The van der Waals surface area contributed by atoms with Gasteiger partial charge in [0, 0.05) is 11.9 Å². The van der Waals surface area contributed by atoms with E-state index in [1.54, 1.807) is 0 Å². The fourth-order valence-electron chi connectivity index (χ4n) is 2.61. The highest BCUT2D eigenvalue weighted by Crippen LogP contribution is 2.13. The molecule has 0 amide bonds. The fourth-order valence-corrected chi connectivity index (χ4v) is 2.61. The van der Waals surface area contributed by atoms with Gasteiger partial charge < -0.3 is 0 Å². The summed E-state index contributed by atoms with van der Waals surface area (Å²) in [6.45, 7) is 6.37. The summed E-state index contributed by atoms with van der Waals surface area (Å²) in [5, 5.41) is 0. The molecule has 2 heteroatoms.